The van der Waals surface area contributed by atoms with Crippen LogP contribution in [0.1, 0.15) is 19.8 Å². The van der Waals surface area contributed by atoms with E-state index in [1.807, 2.05) is 0 Å². The Morgan fingerprint density at radius 3 is 3.00 bits per heavy atom. The summed E-state index contributed by atoms with van der Waals surface area (Å²) in [6.07, 6.45) is 2.31. The number of amides is 1. The second-order valence-corrected chi connectivity index (χ2v) is 3.83. The van der Waals surface area contributed by atoms with Crippen molar-refractivity contribution in [3.8, 4) is 0 Å². The summed E-state index contributed by atoms with van der Waals surface area (Å²) < 4.78 is 0. The maximum absolute atomic E-state index is 11.3. The van der Waals surface area contributed by atoms with Crippen LogP contribution in [0.15, 0.2) is 0 Å². The number of hydrogen-bond donors (Lipinski definition) is 2. The molecule has 4 heteroatoms. The van der Waals surface area contributed by atoms with E-state index < -0.39 is 0 Å². The van der Waals surface area contributed by atoms with Crippen molar-refractivity contribution in [3.63, 3.8) is 0 Å². The molecular formula is C10H21N3O. The molecule has 1 aliphatic heterocycles. The van der Waals surface area contributed by atoms with Crippen molar-refractivity contribution in [3.05, 3.63) is 0 Å². The molecule has 0 aromatic carbocycles. The van der Waals surface area contributed by atoms with Gasteiger partial charge in [-0.05, 0) is 33.0 Å². The van der Waals surface area contributed by atoms with E-state index in [1.165, 1.54) is 13.0 Å². The molecule has 0 aliphatic carbocycles. The lowest BCUT2D eigenvalue weighted by Gasteiger charge is -2.32. The molecule has 0 saturated carbocycles. The molecule has 0 bridgehead atoms. The number of hydrogen-bond acceptors (Lipinski definition) is 3. The minimum atomic E-state index is 0.107. The lowest BCUT2D eigenvalue weighted by molar-refractivity contribution is -0.121. The van der Waals surface area contributed by atoms with Crippen molar-refractivity contribution in [2.75, 3.05) is 33.2 Å². The molecule has 1 fully saturated rings. The molecule has 82 valence electrons. The Bertz CT molecular complexity index is 184. The van der Waals surface area contributed by atoms with E-state index in [0.29, 0.717) is 12.6 Å². The van der Waals surface area contributed by atoms with Crippen LogP contribution in [0, 0.1) is 0 Å². The molecule has 1 heterocycles. The van der Waals surface area contributed by atoms with E-state index in [9.17, 15) is 4.79 Å². The summed E-state index contributed by atoms with van der Waals surface area (Å²) in [4.78, 5) is 13.7. The summed E-state index contributed by atoms with van der Waals surface area (Å²) in [6, 6.07) is 0.351. The normalized spacial score (nSPS) is 23.4. The van der Waals surface area contributed by atoms with Crippen molar-refractivity contribution in [1.82, 2.24) is 15.5 Å². The lowest BCUT2D eigenvalue weighted by Crippen LogP contribution is -2.49. The molecule has 0 spiro atoms. The summed E-state index contributed by atoms with van der Waals surface area (Å²) in [5, 5.41) is 5.90. The van der Waals surface area contributed by atoms with Gasteiger partial charge in [0.1, 0.15) is 0 Å². The van der Waals surface area contributed by atoms with Gasteiger partial charge in [0, 0.05) is 12.6 Å². The first-order valence-corrected chi connectivity index (χ1v) is 5.42. The molecule has 1 aliphatic rings. The van der Waals surface area contributed by atoms with E-state index in [4.69, 9.17) is 0 Å². The highest BCUT2D eigenvalue weighted by molar-refractivity contribution is 5.78. The number of likely N-dealkylation sites (N-methyl/N-ethyl adjacent to an activating group) is 2. The van der Waals surface area contributed by atoms with Gasteiger partial charge in [0.2, 0.25) is 5.91 Å². The first kappa shape index (κ1) is 11.5. The Kier molecular flexibility index (Phi) is 4.90. The Hall–Kier alpha value is -0.610. The first-order valence-electron chi connectivity index (χ1n) is 5.42. The third-order valence-corrected chi connectivity index (χ3v) is 2.66. The van der Waals surface area contributed by atoms with E-state index >= 15 is 0 Å². The van der Waals surface area contributed by atoms with Crippen LogP contribution >= 0.6 is 0 Å². The molecule has 1 rings (SSSR count). The predicted molar refractivity (Wildman–Crippen MR) is 57.2 cm³/mol. The van der Waals surface area contributed by atoms with Crippen LogP contribution in [0.5, 0.6) is 0 Å². The van der Waals surface area contributed by atoms with Crippen molar-refractivity contribution in [2.24, 2.45) is 0 Å². The Morgan fingerprint density at radius 2 is 2.36 bits per heavy atom. The Balaban J connectivity index is 2.26. The van der Waals surface area contributed by atoms with E-state index in [-0.39, 0.29) is 5.91 Å². The van der Waals surface area contributed by atoms with E-state index in [2.05, 4.69) is 22.5 Å². The first-order chi connectivity index (χ1) is 6.76. The quantitative estimate of drug-likeness (QED) is 0.659. The van der Waals surface area contributed by atoms with Crippen molar-refractivity contribution < 1.29 is 4.79 Å². The van der Waals surface area contributed by atoms with Gasteiger partial charge in [0.25, 0.3) is 0 Å². The van der Waals surface area contributed by atoms with Crippen LogP contribution in [0.3, 0.4) is 0 Å². The third-order valence-electron chi connectivity index (χ3n) is 2.66. The van der Waals surface area contributed by atoms with Gasteiger partial charge >= 0.3 is 0 Å². The summed E-state index contributed by atoms with van der Waals surface area (Å²) in [5.74, 6) is 0.107. The van der Waals surface area contributed by atoms with Crippen molar-refractivity contribution in [1.29, 1.82) is 0 Å². The molecule has 0 aromatic rings. The summed E-state index contributed by atoms with van der Waals surface area (Å²) >= 11 is 0. The number of piperidine rings is 1. The molecule has 0 aromatic heterocycles. The minimum Gasteiger partial charge on any atom is -0.351 e. The van der Waals surface area contributed by atoms with Gasteiger partial charge in [-0.3, -0.25) is 4.79 Å². The fraction of sp³-hybridized carbons (Fsp3) is 0.900. The number of likely N-dealkylation sites (tertiary alicyclic amines) is 1. The van der Waals surface area contributed by atoms with Crippen LogP contribution in [-0.2, 0) is 4.79 Å². The third kappa shape index (κ3) is 3.64. The smallest absolute Gasteiger partial charge is 0.234 e. The van der Waals surface area contributed by atoms with Gasteiger partial charge in [-0.1, -0.05) is 6.92 Å². The molecule has 14 heavy (non-hydrogen) atoms. The molecular weight excluding hydrogens is 178 g/mol. The summed E-state index contributed by atoms with van der Waals surface area (Å²) in [7, 11) is 1.79. The zero-order chi connectivity index (χ0) is 10.4. The van der Waals surface area contributed by atoms with E-state index in [0.717, 1.165) is 19.5 Å². The Morgan fingerprint density at radius 1 is 1.57 bits per heavy atom. The molecule has 0 unspecified atom stereocenters. The molecule has 1 atom stereocenters. The molecule has 1 saturated heterocycles. The standard InChI is InChI=1S/C10H21N3O/c1-3-13-6-4-5-9(8-13)12-10(14)7-11-2/h9,11H,3-8H2,1-2H3,(H,12,14)/t9-/m0/s1. The zero-order valence-corrected chi connectivity index (χ0v) is 9.18. The fourth-order valence-corrected chi connectivity index (χ4v) is 1.90. The highest BCUT2D eigenvalue weighted by Crippen LogP contribution is 2.08. The number of carbonyl (C=O) groups excluding carboxylic acids is 1. The summed E-state index contributed by atoms with van der Waals surface area (Å²) in [6.45, 7) is 5.85. The molecule has 4 nitrogen and oxygen atoms in total. The number of rotatable bonds is 4. The number of nitrogens with one attached hydrogen (secondary N) is 2. The molecule has 0 radical (unpaired) electrons. The van der Waals surface area contributed by atoms with Crippen LogP contribution < -0.4 is 10.6 Å². The number of carbonyl (C=O) groups is 1. The maximum Gasteiger partial charge on any atom is 0.234 e. The van der Waals surface area contributed by atoms with Gasteiger partial charge in [-0.15, -0.1) is 0 Å². The highest BCUT2D eigenvalue weighted by Gasteiger charge is 2.19. The van der Waals surface area contributed by atoms with Gasteiger partial charge in [0.15, 0.2) is 0 Å². The second-order valence-electron chi connectivity index (χ2n) is 3.83. The van der Waals surface area contributed by atoms with Crippen LogP contribution in [0.2, 0.25) is 0 Å². The number of nitrogens with zero attached hydrogens (tertiary/aromatic N) is 1. The van der Waals surface area contributed by atoms with Crippen LogP contribution in [-0.4, -0.2) is 50.1 Å². The molecule has 2 N–H and O–H groups in total. The minimum absolute atomic E-state index is 0.107. The largest absolute Gasteiger partial charge is 0.351 e. The average molecular weight is 199 g/mol. The predicted octanol–water partition coefficient (Wildman–Crippen LogP) is -0.194. The highest BCUT2D eigenvalue weighted by atomic mass is 16.1. The topological polar surface area (TPSA) is 44.4 Å². The van der Waals surface area contributed by atoms with Crippen molar-refractivity contribution in [2.45, 2.75) is 25.8 Å². The summed E-state index contributed by atoms with van der Waals surface area (Å²) in [5.41, 5.74) is 0. The van der Waals surface area contributed by atoms with Crippen LogP contribution in [0.25, 0.3) is 0 Å². The van der Waals surface area contributed by atoms with Crippen molar-refractivity contribution >= 4 is 5.91 Å². The monoisotopic (exact) mass is 199 g/mol. The van der Waals surface area contributed by atoms with Gasteiger partial charge in [-0.25, -0.2) is 0 Å². The maximum atomic E-state index is 11.3. The Labute approximate surface area is 86.0 Å². The molecule has 1 amide bonds. The SMILES string of the molecule is CCN1CCC[C@H](NC(=O)CNC)C1. The van der Waals surface area contributed by atoms with Gasteiger partial charge < -0.3 is 15.5 Å². The average Bonchev–Trinajstić information content (AvgIpc) is 2.18. The van der Waals surface area contributed by atoms with E-state index in [1.54, 1.807) is 7.05 Å². The zero-order valence-electron chi connectivity index (χ0n) is 9.18. The van der Waals surface area contributed by atoms with Crippen LogP contribution in [0.4, 0.5) is 0 Å². The van der Waals surface area contributed by atoms with Gasteiger partial charge in [-0.2, -0.15) is 0 Å². The fourth-order valence-electron chi connectivity index (χ4n) is 1.90. The second kappa shape index (κ2) is 5.98. The van der Waals surface area contributed by atoms with Gasteiger partial charge in [0.05, 0.1) is 6.54 Å². The lowest BCUT2D eigenvalue weighted by atomic mass is 10.1.